The number of hydrogen-bond donors (Lipinski definition) is 2. The molecule has 0 amide bonds. The third-order valence-electron chi connectivity index (χ3n) is 3.94. The second-order valence-corrected chi connectivity index (χ2v) is 6.25. The van der Waals surface area contributed by atoms with E-state index in [0.717, 1.165) is 29.7 Å². The number of hydrogen-bond acceptors (Lipinski definition) is 3. The van der Waals surface area contributed by atoms with E-state index in [1.165, 1.54) is 24.8 Å². The van der Waals surface area contributed by atoms with Gasteiger partial charge in [-0.1, -0.05) is 19.3 Å². The molecule has 1 aromatic heterocycles. The zero-order valence-corrected chi connectivity index (χ0v) is 12.5. The van der Waals surface area contributed by atoms with Crippen molar-refractivity contribution in [3.05, 3.63) is 22.3 Å². The molecule has 2 rings (SSSR count). The van der Waals surface area contributed by atoms with Gasteiger partial charge in [0.25, 0.3) is 0 Å². The van der Waals surface area contributed by atoms with Crippen LogP contribution >= 0.6 is 15.9 Å². The Labute approximate surface area is 117 Å². The van der Waals surface area contributed by atoms with Gasteiger partial charge in [0.15, 0.2) is 0 Å². The fourth-order valence-electron chi connectivity index (χ4n) is 2.61. The molecule has 3 nitrogen and oxygen atoms in total. The highest BCUT2D eigenvalue weighted by Gasteiger charge is 2.31. The van der Waals surface area contributed by atoms with Crippen molar-refractivity contribution in [2.24, 2.45) is 5.41 Å². The highest BCUT2D eigenvalue weighted by molar-refractivity contribution is 9.10. The zero-order valence-electron chi connectivity index (χ0n) is 10.9. The van der Waals surface area contributed by atoms with Crippen LogP contribution in [0.3, 0.4) is 0 Å². The van der Waals surface area contributed by atoms with Gasteiger partial charge in [0.2, 0.25) is 0 Å². The van der Waals surface area contributed by atoms with Crippen LogP contribution in [0.15, 0.2) is 16.7 Å². The Morgan fingerprint density at radius 2 is 2.11 bits per heavy atom. The zero-order chi connectivity index (χ0) is 13.0. The topological polar surface area (TPSA) is 45.1 Å². The number of pyridine rings is 1. The van der Waals surface area contributed by atoms with Crippen LogP contribution in [0.4, 0.5) is 5.82 Å². The first-order valence-corrected chi connectivity index (χ1v) is 7.41. The summed E-state index contributed by atoms with van der Waals surface area (Å²) in [4.78, 5) is 4.35. The van der Waals surface area contributed by atoms with Gasteiger partial charge in [-0.2, -0.15) is 0 Å². The van der Waals surface area contributed by atoms with E-state index in [1.54, 1.807) is 0 Å². The van der Waals surface area contributed by atoms with Gasteiger partial charge in [0, 0.05) is 22.6 Å². The maximum atomic E-state index is 9.65. The average molecular weight is 313 g/mol. The van der Waals surface area contributed by atoms with E-state index < -0.39 is 0 Å². The molecular formula is C14H21BrN2O. The molecule has 1 saturated carbocycles. The number of nitrogens with zero attached hydrogens (tertiary/aromatic N) is 1. The number of halogens is 1. The number of aliphatic hydroxyl groups is 1. The summed E-state index contributed by atoms with van der Waals surface area (Å²) in [7, 11) is 0. The Balaban J connectivity index is 1.98. The van der Waals surface area contributed by atoms with E-state index >= 15 is 0 Å². The van der Waals surface area contributed by atoms with Crippen LogP contribution in [0, 0.1) is 12.3 Å². The van der Waals surface area contributed by atoms with Gasteiger partial charge in [-0.25, -0.2) is 4.98 Å². The summed E-state index contributed by atoms with van der Waals surface area (Å²) in [6, 6.07) is 2.04. The predicted molar refractivity (Wildman–Crippen MR) is 77.8 cm³/mol. The molecule has 1 heterocycles. The average Bonchev–Trinajstić information content (AvgIpc) is 2.41. The van der Waals surface area contributed by atoms with Gasteiger partial charge >= 0.3 is 0 Å². The lowest BCUT2D eigenvalue weighted by molar-refractivity contribution is 0.0943. The van der Waals surface area contributed by atoms with Crippen LogP contribution in [0.2, 0.25) is 0 Å². The van der Waals surface area contributed by atoms with Crippen molar-refractivity contribution < 1.29 is 5.11 Å². The van der Waals surface area contributed by atoms with Crippen molar-refractivity contribution in [1.82, 2.24) is 4.98 Å². The number of aliphatic hydroxyl groups excluding tert-OH is 1. The minimum Gasteiger partial charge on any atom is -0.396 e. The predicted octanol–water partition coefficient (Wildman–Crippen LogP) is 3.51. The molecule has 0 aliphatic heterocycles. The standard InChI is InChI=1S/C14H21BrN2O/c1-11-7-13(16-8-12(11)15)17-9-14(10-18)5-3-2-4-6-14/h7-8,18H,2-6,9-10H2,1H3,(H,16,17). The number of aromatic nitrogens is 1. The van der Waals surface area contributed by atoms with Crippen molar-refractivity contribution in [1.29, 1.82) is 0 Å². The van der Waals surface area contributed by atoms with Crippen LogP contribution < -0.4 is 5.32 Å². The fourth-order valence-corrected chi connectivity index (χ4v) is 2.82. The second kappa shape index (κ2) is 6.02. The van der Waals surface area contributed by atoms with Gasteiger partial charge in [-0.15, -0.1) is 0 Å². The van der Waals surface area contributed by atoms with E-state index in [-0.39, 0.29) is 12.0 Å². The minimum atomic E-state index is 0.0565. The minimum absolute atomic E-state index is 0.0565. The molecule has 0 spiro atoms. The highest BCUT2D eigenvalue weighted by Crippen LogP contribution is 2.36. The smallest absolute Gasteiger partial charge is 0.126 e. The monoisotopic (exact) mass is 312 g/mol. The quantitative estimate of drug-likeness (QED) is 0.894. The molecular weight excluding hydrogens is 292 g/mol. The molecule has 1 aliphatic carbocycles. The van der Waals surface area contributed by atoms with Gasteiger partial charge in [0.05, 0.1) is 6.61 Å². The van der Waals surface area contributed by atoms with E-state index in [9.17, 15) is 5.11 Å². The van der Waals surface area contributed by atoms with Crippen LogP contribution in [-0.2, 0) is 0 Å². The summed E-state index contributed by atoms with van der Waals surface area (Å²) < 4.78 is 1.03. The Hall–Kier alpha value is -0.610. The first-order chi connectivity index (χ1) is 8.65. The highest BCUT2D eigenvalue weighted by atomic mass is 79.9. The molecule has 1 aliphatic rings. The Morgan fingerprint density at radius 3 is 2.72 bits per heavy atom. The summed E-state index contributed by atoms with van der Waals surface area (Å²) in [5, 5.41) is 13.0. The molecule has 4 heteroatoms. The van der Waals surface area contributed by atoms with E-state index in [0.29, 0.717) is 0 Å². The first kappa shape index (κ1) is 13.8. The van der Waals surface area contributed by atoms with Crippen molar-refractivity contribution in [3.63, 3.8) is 0 Å². The number of nitrogens with one attached hydrogen (secondary N) is 1. The summed E-state index contributed by atoms with van der Waals surface area (Å²) >= 11 is 3.45. The molecule has 0 bridgehead atoms. The molecule has 18 heavy (non-hydrogen) atoms. The largest absolute Gasteiger partial charge is 0.396 e. The molecule has 2 N–H and O–H groups in total. The summed E-state index contributed by atoms with van der Waals surface area (Å²) in [6.07, 6.45) is 7.82. The van der Waals surface area contributed by atoms with Crippen LogP contribution in [0.5, 0.6) is 0 Å². The van der Waals surface area contributed by atoms with E-state index in [4.69, 9.17) is 0 Å². The number of rotatable bonds is 4. The van der Waals surface area contributed by atoms with E-state index in [1.807, 2.05) is 12.3 Å². The summed E-state index contributed by atoms with van der Waals surface area (Å²) in [5.41, 5.74) is 1.23. The lowest BCUT2D eigenvalue weighted by atomic mass is 9.74. The molecule has 100 valence electrons. The van der Waals surface area contributed by atoms with Crippen molar-refractivity contribution in [2.75, 3.05) is 18.5 Å². The third kappa shape index (κ3) is 3.23. The number of aryl methyl sites for hydroxylation is 1. The van der Waals surface area contributed by atoms with Crippen molar-refractivity contribution >= 4 is 21.7 Å². The third-order valence-corrected chi connectivity index (χ3v) is 4.77. The molecule has 0 radical (unpaired) electrons. The second-order valence-electron chi connectivity index (χ2n) is 5.39. The maximum absolute atomic E-state index is 9.65. The van der Waals surface area contributed by atoms with Gasteiger partial charge in [0.1, 0.15) is 5.82 Å². The molecule has 1 aromatic rings. The van der Waals surface area contributed by atoms with Gasteiger partial charge in [-0.3, -0.25) is 0 Å². The SMILES string of the molecule is Cc1cc(NCC2(CO)CCCCC2)ncc1Br. The fraction of sp³-hybridized carbons (Fsp3) is 0.643. The van der Waals surface area contributed by atoms with E-state index in [2.05, 4.69) is 33.2 Å². The molecule has 0 saturated heterocycles. The molecule has 0 aromatic carbocycles. The van der Waals surface area contributed by atoms with Crippen molar-refractivity contribution in [3.8, 4) is 0 Å². The Kier molecular flexibility index (Phi) is 4.62. The Bertz CT molecular complexity index is 403. The summed E-state index contributed by atoms with van der Waals surface area (Å²) in [5.74, 6) is 0.897. The lowest BCUT2D eigenvalue weighted by Gasteiger charge is -2.35. The number of anilines is 1. The maximum Gasteiger partial charge on any atom is 0.126 e. The molecule has 1 fully saturated rings. The van der Waals surface area contributed by atoms with Gasteiger partial charge in [-0.05, 0) is 47.3 Å². The lowest BCUT2D eigenvalue weighted by Crippen LogP contribution is -2.35. The van der Waals surface area contributed by atoms with Crippen LogP contribution in [0.25, 0.3) is 0 Å². The first-order valence-electron chi connectivity index (χ1n) is 6.62. The van der Waals surface area contributed by atoms with Crippen molar-refractivity contribution in [2.45, 2.75) is 39.0 Å². The Morgan fingerprint density at radius 1 is 1.39 bits per heavy atom. The van der Waals surface area contributed by atoms with Gasteiger partial charge < -0.3 is 10.4 Å². The summed E-state index contributed by atoms with van der Waals surface area (Å²) in [6.45, 7) is 3.15. The van der Waals surface area contributed by atoms with Crippen LogP contribution in [0.1, 0.15) is 37.7 Å². The van der Waals surface area contributed by atoms with Crippen LogP contribution in [-0.4, -0.2) is 23.2 Å². The molecule has 0 unspecified atom stereocenters. The normalized spacial score (nSPS) is 18.6. The molecule has 0 atom stereocenters.